The maximum Gasteiger partial charge on any atom is 0.212 e. The Kier molecular flexibility index (Phi) is 6.78. The smallest absolute Gasteiger partial charge is 0.212 e. The highest BCUT2D eigenvalue weighted by molar-refractivity contribution is 7.80. The monoisotopic (exact) mass is 406 g/mol. The first-order valence-electron chi connectivity index (χ1n) is 10.9. The molecule has 0 N–H and O–H groups in total. The molecule has 4 rings (SSSR count). The second-order valence-corrected chi connectivity index (χ2v) is 8.16. The van der Waals surface area contributed by atoms with E-state index in [-0.39, 0.29) is 0 Å². The van der Waals surface area contributed by atoms with Crippen molar-refractivity contribution in [2.24, 2.45) is 4.99 Å². The van der Waals surface area contributed by atoms with E-state index in [1.54, 1.807) is 0 Å². The Bertz CT molecular complexity index is 809. The summed E-state index contributed by atoms with van der Waals surface area (Å²) in [5, 5.41) is 0.871. The van der Waals surface area contributed by atoms with Crippen molar-refractivity contribution < 1.29 is 0 Å². The van der Waals surface area contributed by atoms with E-state index in [2.05, 4.69) is 57.2 Å². The molecule has 0 atom stereocenters. The van der Waals surface area contributed by atoms with Gasteiger partial charge in [-0.1, -0.05) is 36.4 Å². The van der Waals surface area contributed by atoms with E-state index in [1.807, 2.05) is 18.2 Å². The summed E-state index contributed by atoms with van der Waals surface area (Å²) in [5.41, 5.74) is 2.05. The molecule has 2 aromatic carbocycles. The van der Waals surface area contributed by atoms with Crippen LogP contribution in [0.25, 0.3) is 0 Å². The number of benzene rings is 2. The lowest BCUT2D eigenvalue weighted by Gasteiger charge is -2.40. The minimum absolute atomic E-state index is 0.871. The van der Waals surface area contributed by atoms with Gasteiger partial charge in [0.05, 0.1) is 11.4 Å². The standard InChI is InChI=1S/C24H30N4S/c29-24(27-19-11-4-12-20-27)28(22-15-7-2-8-16-22)23(26-17-9-3-10-18-26)25-21-13-5-1-6-14-21/h1-2,5-8,13-16H,3-4,9-12,17-20H2. The lowest BCUT2D eigenvalue weighted by atomic mass is 10.1. The number of anilines is 1. The van der Waals surface area contributed by atoms with Gasteiger partial charge in [0.2, 0.25) is 5.96 Å². The number of para-hydroxylation sites is 2. The molecule has 29 heavy (non-hydrogen) atoms. The van der Waals surface area contributed by atoms with Gasteiger partial charge in [0.1, 0.15) is 0 Å². The second-order valence-electron chi connectivity index (χ2n) is 7.80. The van der Waals surface area contributed by atoms with Crippen molar-refractivity contribution in [3.63, 3.8) is 0 Å². The number of nitrogens with zero attached hydrogens (tertiary/aromatic N) is 4. The SMILES string of the molecule is S=C(N1CCCCC1)N(C(=Nc1ccccc1)N1CCCCC1)c1ccccc1. The summed E-state index contributed by atoms with van der Waals surface area (Å²) < 4.78 is 0. The van der Waals surface area contributed by atoms with Crippen LogP contribution in [0.1, 0.15) is 38.5 Å². The molecule has 4 nitrogen and oxygen atoms in total. The fraction of sp³-hybridized carbons (Fsp3) is 0.417. The summed E-state index contributed by atoms with van der Waals surface area (Å²) >= 11 is 6.08. The van der Waals surface area contributed by atoms with E-state index in [9.17, 15) is 0 Å². The Labute approximate surface area is 179 Å². The van der Waals surface area contributed by atoms with Crippen molar-refractivity contribution in [1.82, 2.24) is 9.80 Å². The van der Waals surface area contributed by atoms with Crippen LogP contribution in [0.5, 0.6) is 0 Å². The van der Waals surface area contributed by atoms with Gasteiger partial charge in [0.15, 0.2) is 5.11 Å². The van der Waals surface area contributed by atoms with Crippen LogP contribution in [-0.2, 0) is 0 Å². The summed E-state index contributed by atoms with van der Waals surface area (Å²) in [5.74, 6) is 0.956. The highest BCUT2D eigenvalue weighted by Crippen LogP contribution is 2.24. The van der Waals surface area contributed by atoms with E-state index in [0.717, 1.165) is 48.6 Å². The molecule has 0 amide bonds. The molecule has 0 aliphatic carbocycles. The van der Waals surface area contributed by atoms with Crippen molar-refractivity contribution in [1.29, 1.82) is 0 Å². The molecule has 2 aliphatic rings. The van der Waals surface area contributed by atoms with Crippen molar-refractivity contribution >= 4 is 34.7 Å². The third-order valence-corrected chi connectivity index (χ3v) is 6.10. The fourth-order valence-corrected chi connectivity index (χ4v) is 4.46. The van der Waals surface area contributed by atoms with E-state index < -0.39 is 0 Å². The third-order valence-electron chi connectivity index (χ3n) is 5.66. The average molecular weight is 407 g/mol. The average Bonchev–Trinajstić information content (AvgIpc) is 2.81. The number of hydrogen-bond acceptors (Lipinski definition) is 2. The van der Waals surface area contributed by atoms with Crippen molar-refractivity contribution in [2.75, 3.05) is 31.1 Å². The Morgan fingerprint density at radius 3 is 1.79 bits per heavy atom. The number of piperidine rings is 2. The van der Waals surface area contributed by atoms with Gasteiger partial charge in [-0.25, -0.2) is 4.99 Å². The maximum atomic E-state index is 6.08. The van der Waals surface area contributed by atoms with E-state index in [4.69, 9.17) is 17.2 Å². The molecule has 0 radical (unpaired) electrons. The van der Waals surface area contributed by atoms with Gasteiger partial charge in [-0.3, -0.25) is 4.90 Å². The first-order chi connectivity index (χ1) is 14.3. The second kappa shape index (κ2) is 9.88. The highest BCUT2D eigenvalue weighted by atomic mass is 32.1. The Hall–Kier alpha value is -2.40. The lowest BCUT2D eigenvalue weighted by molar-refractivity contribution is 0.330. The zero-order chi connectivity index (χ0) is 19.9. The number of aliphatic imine (C=N–C) groups is 1. The van der Waals surface area contributed by atoms with Gasteiger partial charge < -0.3 is 9.80 Å². The number of rotatable bonds is 2. The molecule has 2 aromatic rings. The molecule has 2 aliphatic heterocycles. The molecule has 0 saturated carbocycles. The molecular weight excluding hydrogens is 376 g/mol. The number of thiocarbonyl (C=S) groups is 1. The van der Waals surface area contributed by atoms with Crippen molar-refractivity contribution in [3.05, 3.63) is 60.7 Å². The molecule has 0 bridgehead atoms. The Balaban J connectivity index is 1.76. The molecule has 0 aromatic heterocycles. The van der Waals surface area contributed by atoms with Crippen LogP contribution < -0.4 is 4.90 Å². The predicted octanol–water partition coefficient (Wildman–Crippen LogP) is 5.44. The van der Waals surface area contributed by atoms with Crippen LogP contribution in [0.2, 0.25) is 0 Å². The van der Waals surface area contributed by atoms with Gasteiger partial charge >= 0.3 is 0 Å². The maximum absolute atomic E-state index is 6.08. The van der Waals surface area contributed by atoms with Crippen LogP contribution in [-0.4, -0.2) is 47.1 Å². The van der Waals surface area contributed by atoms with Crippen LogP contribution >= 0.6 is 12.2 Å². The zero-order valence-electron chi connectivity index (χ0n) is 17.0. The van der Waals surface area contributed by atoms with Gasteiger partial charge in [0.25, 0.3) is 0 Å². The van der Waals surface area contributed by atoms with Crippen LogP contribution in [0.15, 0.2) is 65.7 Å². The number of guanidine groups is 1. The summed E-state index contributed by atoms with van der Waals surface area (Å²) in [6, 6.07) is 20.8. The molecule has 2 heterocycles. The molecule has 2 saturated heterocycles. The molecule has 0 spiro atoms. The molecule has 0 unspecified atom stereocenters. The van der Waals surface area contributed by atoms with Gasteiger partial charge in [-0.15, -0.1) is 0 Å². The zero-order valence-corrected chi connectivity index (χ0v) is 17.9. The quantitative estimate of drug-likeness (QED) is 0.376. The Morgan fingerprint density at radius 2 is 1.21 bits per heavy atom. The largest absolute Gasteiger partial charge is 0.348 e. The summed E-state index contributed by atoms with van der Waals surface area (Å²) in [6.45, 7) is 4.11. The van der Waals surface area contributed by atoms with Crippen LogP contribution in [0, 0.1) is 0 Å². The summed E-state index contributed by atoms with van der Waals surface area (Å²) in [6.07, 6.45) is 7.40. The van der Waals surface area contributed by atoms with Crippen LogP contribution in [0.3, 0.4) is 0 Å². The van der Waals surface area contributed by atoms with Gasteiger partial charge in [-0.2, -0.15) is 0 Å². The van der Waals surface area contributed by atoms with E-state index >= 15 is 0 Å². The minimum Gasteiger partial charge on any atom is -0.348 e. The molecule has 2 fully saturated rings. The molecule has 152 valence electrons. The van der Waals surface area contributed by atoms with Crippen molar-refractivity contribution in [3.8, 4) is 0 Å². The van der Waals surface area contributed by atoms with Gasteiger partial charge in [0, 0.05) is 26.2 Å². The summed E-state index contributed by atoms with van der Waals surface area (Å²) in [4.78, 5) is 12.1. The first kappa shape index (κ1) is 19.9. The minimum atomic E-state index is 0.871. The van der Waals surface area contributed by atoms with Crippen LogP contribution in [0.4, 0.5) is 11.4 Å². The van der Waals surface area contributed by atoms with E-state index in [0.29, 0.717) is 0 Å². The molecular formula is C24H30N4S. The lowest BCUT2D eigenvalue weighted by Crippen LogP contribution is -2.54. The fourth-order valence-electron chi connectivity index (χ4n) is 4.09. The topological polar surface area (TPSA) is 22.1 Å². The predicted molar refractivity (Wildman–Crippen MR) is 126 cm³/mol. The molecule has 5 heteroatoms. The highest BCUT2D eigenvalue weighted by Gasteiger charge is 2.28. The van der Waals surface area contributed by atoms with Gasteiger partial charge in [-0.05, 0) is 75.0 Å². The van der Waals surface area contributed by atoms with Crippen molar-refractivity contribution in [2.45, 2.75) is 38.5 Å². The first-order valence-corrected chi connectivity index (χ1v) is 11.3. The number of likely N-dealkylation sites (tertiary alicyclic amines) is 2. The third kappa shape index (κ3) is 4.96. The van der Waals surface area contributed by atoms with E-state index in [1.165, 1.54) is 38.5 Å². The number of hydrogen-bond donors (Lipinski definition) is 0. The summed E-state index contributed by atoms with van der Waals surface area (Å²) in [7, 11) is 0. The normalized spacial score (nSPS) is 17.9. The Morgan fingerprint density at radius 1 is 0.690 bits per heavy atom.